The van der Waals surface area contributed by atoms with E-state index < -0.39 is 4.92 Å². The Morgan fingerprint density at radius 3 is 2.33 bits per heavy atom. The van der Waals surface area contributed by atoms with Crippen LogP contribution in [0.3, 0.4) is 0 Å². The Labute approximate surface area is 228 Å². The first kappa shape index (κ1) is 25.9. The Kier molecular flexibility index (Phi) is 8.44. The molecule has 3 aromatic carbocycles. The van der Waals surface area contributed by atoms with Gasteiger partial charge >= 0.3 is 0 Å². The lowest BCUT2D eigenvalue weighted by atomic mass is 10.2. The number of nitrogens with one attached hydrogen (secondary N) is 1. The first-order valence-corrected chi connectivity index (χ1v) is 13.1. The standard InChI is InChI=1S/C25H19Br2N3O5S/c1-2-34-19-9-5-17(6-10-19)28-25-29-24(31)22(36-25)13-16-11-20(26)23(21(27)12-16)35-14-15-3-7-18(8-4-15)30(32)33/h3-13H,2,14H2,1H3,(H,28,29,31)/b22-13+. The van der Waals surface area contributed by atoms with Crippen molar-refractivity contribution in [2.75, 3.05) is 6.61 Å². The zero-order valence-corrected chi connectivity index (χ0v) is 22.9. The smallest absolute Gasteiger partial charge is 0.269 e. The zero-order valence-electron chi connectivity index (χ0n) is 18.9. The van der Waals surface area contributed by atoms with Crippen LogP contribution < -0.4 is 14.8 Å². The largest absolute Gasteiger partial charge is 0.494 e. The molecule has 0 spiro atoms. The van der Waals surface area contributed by atoms with Gasteiger partial charge < -0.3 is 14.8 Å². The lowest BCUT2D eigenvalue weighted by Gasteiger charge is -2.11. The van der Waals surface area contributed by atoms with E-state index in [4.69, 9.17) is 9.47 Å². The number of aliphatic imine (C=N–C) groups is 1. The van der Waals surface area contributed by atoms with Gasteiger partial charge in [-0.3, -0.25) is 14.9 Å². The number of rotatable bonds is 8. The average Bonchev–Trinajstić information content (AvgIpc) is 3.18. The van der Waals surface area contributed by atoms with E-state index in [2.05, 4.69) is 42.2 Å². The van der Waals surface area contributed by atoms with Crippen LogP contribution in [0.4, 0.5) is 11.4 Å². The molecule has 3 aromatic rings. The summed E-state index contributed by atoms with van der Waals surface area (Å²) in [5.41, 5.74) is 2.32. The van der Waals surface area contributed by atoms with E-state index in [1.807, 2.05) is 43.3 Å². The van der Waals surface area contributed by atoms with Gasteiger partial charge in [0, 0.05) is 12.1 Å². The predicted molar refractivity (Wildman–Crippen MR) is 148 cm³/mol. The van der Waals surface area contributed by atoms with Gasteiger partial charge in [-0.15, -0.1) is 0 Å². The zero-order chi connectivity index (χ0) is 25.7. The quantitative estimate of drug-likeness (QED) is 0.163. The number of carbonyl (C=O) groups excluding carboxylic acids is 1. The molecule has 1 saturated heterocycles. The molecule has 1 aliphatic rings. The van der Waals surface area contributed by atoms with Crippen molar-refractivity contribution in [2.24, 2.45) is 4.99 Å². The van der Waals surface area contributed by atoms with Crippen LogP contribution in [0.2, 0.25) is 0 Å². The highest BCUT2D eigenvalue weighted by Gasteiger charge is 2.24. The van der Waals surface area contributed by atoms with Crippen molar-refractivity contribution < 1.29 is 19.2 Å². The first-order chi connectivity index (χ1) is 17.3. The van der Waals surface area contributed by atoms with Gasteiger partial charge in [0.15, 0.2) is 5.17 Å². The van der Waals surface area contributed by atoms with Crippen molar-refractivity contribution in [3.63, 3.8) is 0 Å². The molecule has 8 nitrogen and oxygen atoms in total. The second-order valence-corrected chi connectivity index (χ2v) is 10.2. The van der Waals surface area contributed by atoms with Crippen molar-refractivity contribution in [1.29, 1.82) is 0 Å². The van der Waals surface area contributed by atoms with Crippen LogP contribution >= 0.6 is 43.6 Å². The number of benzene rings is 3. The fourth-order valence-corrected chi connectivity index (χ4v) is 5.50. The molecule has 184 valence electrons. The summed E-state index contributed by atoms with van der Waals surface area (Å²) in [5.74, 6) is 1.12. The molecule has 0 radical (unpaired) electrons. The molecule has 0 aromatic heterocycles. The maximum atomic E-state index is 12.5. The highest BCUT2D eigenvalue weighted by atomic mass is 79.9. The van der Waals surface area contributed by atoms with E-state index in [9.17, 15) is 14.9 Å². The second kappa shape index (κ2) is 11.7. The van der Waals surface area contributed by atoms with Gasteiger partial charge in [-0.2, -0.15) is 0 Å². The third-order valence-corrected chi connectivity index (χ3v) is 6.97. The number of nitro groups is 1. The summed E-state index contributed by atoms with van der Waals surface area (Å²) in [6.07, 6.45) is 1.77. The Hall–Kier alpha value is -3.15. The highest BCUT2D eigenvalue weighted by molar-refractivity contribution is 9.11. The summed E-state index contributed by atoms with van der Waals surface area (Å²) in [4.78, 5) is 27.9. The van der Waals surface area contributed by atoms with Gasteiger partial charge in [0.1, 0.15) is 18.1 Å². The molecule has 0 unspecified atom stereocenters. The molecule has 1 N–H and O–H groups in total. The third-order valence-electron chi connectivity index (χ3n) is 4.88. The number of ether oxygens (including phenoxy) is 2. The molecule has 1 aliphatic heterocycles. The summed E-state index contributed by atoms with van der Waals surface area (Å²) >= 11 is 8.31. The summed E-state index contributed by atoms with van der Waals surface area (Å²) in [6.45, 7) is 2.75. The summed E-state index contributed by atoms with van der Waals surface area (Å²) in [6, 6.07) is 17.2. The maximum absolute atomic E-state index is 12.5. The normalized spacial score (nSPS) is 15.2. The van der Waals surface area contributed by atoms with Gasteiger partial charge in [0.25, 0.3) is 11.6 Å². The minimum atomic E-state index is -0.442. The minimum Gasteiger partial charge on any atom is -0.494 e. The van der Waals surface area contributed by atoms with Gasteiger partial charge in [-0.05, 0) is 116 Å². The molecule has 0 saturated carbocycles. The molecule has 0 bridgehead atoms. The van der Waals surface area contributed by atoms with E-state index in [1.54, 1.807) is 18.2 Å². The lowest BCUT2D eigenvalue weighted by molar-refractivity contribution is -0.384. The fraction of sp³-hybridized carbons (Fsp3) is 0.120. The van der Waals surface area contributed by atoms with Crippen LogP contribution in [-0.2, 0) is 11.4 Å². The molecule has 36 heavy (non-hydrogen) atoms. The SMILES string of the molecule is CCOc1ccc(N=C2NC(=O)/C(=C\c3cc(Br)c(OCc4ccc([N+](=O)[O-])cc4)c(Br)c3)S2)cc1. The number of hydrogen-bond donors (Lipinski definition) is 1. The number of thioether (sulfide) groups is 1. The molecule has 1 heterocycles. The average molecular weight is 633 g/mol. The van der Waals surface area contributed by atoms with Crippen LogP contribution in [0.1, 0.15) is 18.1 Å². The van der Waals surface area contributed by atoms with Crippen molar-refractivity contribution in [2.45, 2.75) is 13.5 Å². The molecule has 1 fully saturated rings. The summed E-state index contributed by atoms with van der Waals surface area (Å²) in [5, 5.41) is 14.1. The number of halogens is 2. The van der Waals surface area contributed by atoms with Gasteiger partial charge in [-0.1, -0.05) is 0 Å². The molecule has 0 atom stereocenters. The van der Waals surface area contributed by atoms with E-state index in [1.165, 1.54) is 23.9 Å². The van der Waals surface area contributed by atoms with Crippen LogP contribution in [-0.4, -0.2) is 22.6 Å². The van der Waals surface area contributed by atoms with Gasteiger partial charge in [-0.25, -0.2) is 4.99 Å². The Morgan fingerprint density at radius 1 is 1.06 bits per heavy atom. The van der Waals surface area contributed by atoms with Gasteiger partial charge in [0.05, 0.1) is 31.1 Å². The van der Waals surface area contributed by atoms with Crippen LogP contribution in [0.25, 0.3) is 6.08 Å². The van der Waals surface area contributed by atoms with Crippen LogP contribution in [0.5, 0.6) is 11.5 Å². The molecular formula is C25H19Br2N3O5S. The number of non-ortho nitro benzene ring substituents is 1. The monoisotopic (exact) mass is 631 g/mol. The lowest BCUT2D eigenvalue weighted by Crippen LogP contribution is -2.19. The molecule has 11 heteroatoms. The number of nitro benzene ring substituents is 1. The second-order valence-electron chi connectivity index (χ2n) is 7.43. The minimum absolute atomic E-state index is 0.0278. The number of nitrogens with zero attached hydrogens (tertiary/aromatic N) is 2. The summed E-state index contributed by atoms with van der Waals surface area (Å²) in [7, 11) is 0. The molecule has 1 amide bonds. The highest BCUT2D eigenvalue weighted by Crippen LogP contribution is 2.37. The van der Waals surface area contributed by atoms with Crippen LogP contribution in [0.15, 0.2) is 79.5 Å². The molecule has 0 aliphatic carbocycles. The predicted octanol–water partition coefficient (Wildman–Crippen LogP) is 6.99. The topological polar surface area (TPSA) is 103 Å². The third kappa shape index (κ3) is 6.54. The van der Waals surface area contributed by atoms with E-state index in [0.717, 1.165) is 16.9 Å². The van der Waals surface area contributed by atoms with E-state index in [0.29, 0.717) is 37.1 Å². The van der Waals surface area contributed by atoms with E-state index in [-0.39, 0.29) is 18.2 Å². The van der Waals surface area contributed by atoms with Crippen molar-refractivity contribution in [3.05, 3.63) is 95.8 Å². The van der Waals surface area contributed by atoms with Gasteiger partial charge in [0.2, 0.25) is 0 Å². The van der Waals surface area contributed by atoms with E-state index >= 15 is 0 Å². The summed E-state index contributed by atoms with van der Waals surface area (Å²) < 4.78 is 12.7. The number of amidine groups is 1. The Balaban J connectivity index is 1.45. The molecular weight excluding hydrogens is 614 g/mol. The van der Waals surface area contributed by atoms with Crippen molar-refractivity contribution >= 4 is 72.1 Å². The molecule has 4 rings (SSSR count). The Bertz CT molecular complexity index is 1340. The van der Waals surface area contributed by atoms with Crippen LogP contribution in [0, 0.1) is 10.1 Å². The number of hydrogen-bond acceptors (Lipinski definition) is 7. The maximum Gasteiger partial charge on any atom is 0.269 e. The number of carbonyl (C=O) groups is 1. The van der Waals surface area contributed by atoms with Crippen molar-refractivity contribution in [1.82, 2.24) is 5.32 Å². The fourth-order valence-electron chi connectivity index (χ4n) is 3.20. The Morgan fingerprint density at radius 2 is 1.72 bits per heavy atom. The van der Waals surface area contributed by atoms with Crippen molar-refractivity contribution in [3.8, 4) is 11.5 Å². The number of amides is 1. The first-order valence-electron chi connectivity index (χ1n) is 10.7.